The number of rotatable bonds is 2. The minimum atomic E-state index is 0.716. The molecular formula is C23H53N3O. The molecule has 2 fully saturated rings. The summed E-state index contributed by atoms with van der Waals surface area (Å²) >= 11 is 0. The van der Waals surface area contributed by atoms with Crippen molar-refractivity contribution in [3.63, 3.8) is 0 Å². The Kier molecular flexibility index (Phi) is 33.8. The summed E-state index contributed by atoms with van der Waals surface area (Å²) in [6, 6.07) is 0. The molecule has 2 rings (SSSR count). The first-order valence-corrected chi connectivity index (χ1v) is 11.2. The van der Waals surface area contributed by atoms with Gasteiger partial charge in [-0.25, -0.2) is 0 Å². The predicted octanol–water partition coefficient (Wildman–Crippen LogP) is 5.72. The summed E-state index contributed by atoms with van der Waals surface area (Å²) in [5, 5.41) is 0. The highest BCUT2D eigenvalue weighted by atomic mass is 16.5. The first-order valence-electron chi connectivity index (χ1n) is 11.2. The van der Waals surface area contributed by atoms with E-state index in [4.69, 9.17) is 4.74 Å². The molecule has 2 aliphatic heterocycles. The number of hydrogen-bond acceptors (Lipinski definition) is 4. The minimum Gasteiger partial charge on any atom is -0.373 e. The third-order valence-corrected chi connectivity index (χ3v) is 3.64. The lowest BCUT2D eigenvalue weighted by molar-refractivity contribution is 0.0763. The van der Waals surface area contributed by atoms with Gasteiger partial charge < -0.3 is 14.5 Å². The van der Waals surface area contributed by atoms with E-state index in [2.05, 4.69) is 48.8 Å². The second-order valence-corrected chi connectivity index (χ2v) is 5.08. The van der Waals surface area contributed by atoms with Crippen molar-refractivity contribution in [1.82, 2.24) is 14.7 Å². The Morgan fingerprint density at radius 2 is 1.19 bits per heavy atom. The van der Waals surface area contributed by atoms with Crippen molar-refractivity contribution in [2.24, 2.45) is 0 Å². The molecule has 0 radical (unpaired) electrons. The Labute approximate surface area is 173 Å². The van der Waals surface area contributed by atoms with Gasteiger partial charge in [-0.05, 0) is 20.9 Å². The summed E-state index contributed by atoms with van der Waals surface area (Å²) in [4.78, 5) is 6.87. The molecule has 0 atom stereocenters. The monoisotopic (exact) mass is 387 g/mol. The van der Waals surface area contributed by atoms with E-state index in [0.717, 1.165) is 45.0 Å². The maximum absolute atomic E-state index is 5.17. The van der Waals surface area contributed by atoms with Crippen molar-refractivity contribution in [1.29, 1.82) is 0 Å². The van der Waals surface area contributed by atoms with Crippen molar-refractivity contribution in [3.8, 4) is 0 Å². The van der Waals surface area contributed by atoms with Crippen LogP contribution in [0.4, 0.5) is 0 Å². The fourth-order valence-electron chi connectivity index (χ4n) is 2.32. The molecule has 2 saturated heterocycles. The van der Waals surface area contributed by atoms with Crippen molar-refractivity contribution in [3.05, 3.63) is 24.6 Å². The molecule has 0 N–H and O–H groups in total. The average molecular weight is 388 g/mol. The van der Waals surface area contributed by atoms with Gasteiger partial charge >= 0.3 is 0 Å². The van der Waals surface area contributed by atoms with E-state index < -0.39 is 0 Å². The van der Waals surface area contributed by atoms with Gasteiger partial charge in [0.2, 0.25) is 0 Å². The van der Waals surface area contributed by atoms with Crippen molar-refractivity contribution in [2.75, 3.05) is 59.5 Å². The molecule has 0 amide bonds. The quantitative estimate of drug-likeness (QED) is 0.602. The molecule has 2 heterocycles. The first kappa shape index (κ1) is 33.6. The second kappa shape index (κ2) is 27.2. The Balaban J connectivity index is -0.000000144. The van der Waals surface area contributed by atoms with Gasteiger partial charge in [-0.2, -0.15) is 0 Å². The molecule has 166 valence electrons. The Morgan fingerprint density at radius 3 is 1.52 bits per heavy atom. The molecule has 27 heavy (non-hydrogen) atoms. The van der Waals surface area contributed by atoms with Gasteiger partial charge in [0.25, 0.3) is 0 Å². The molecule has 0 aliphatic carbocycles. The van der Waals surface area contributed by atoms with E-state index in [9.17, 15) is 0 Å². The first-order chi connectivity index (χ1) is 13.1. The largest absolute Gasteiger partial charge is 0.373 e. The Morgan fingerprint density at radius 1 is 0.741 bits per heavy atom. The molecule has 0 aromatic rings. The van der Waals surface area contributed by atoms with Crippen LogP contribution in [0.3, 0.4) is 0 Å². The third kappa shape index (κ3) is 18.1. The zero-order valence-electron chi connectivity index (χ0n) is 20.8. The standard InChI is InChI=1S/C8H16N2.C7H13NO.4C2H6/c1-4-10-6-5-9(3)7-8(10)2;1-3-8-4-5-9-6-7(8)2;4*1-2/h2,4-7H2,1,3H3;2-6H2,1H3;4*1-2H3. The van der Waals surface area contributed by atoms with Crippen LogP contribution in [0, 0.1) is 0 Å². The van der Waals surface area contributed by atoms with Gasteiger partial charge in [0.15, 0.2) is 0 Å². The van der Waals surface area contributed by atoms with Gasteiger partial charge in [0.05, 0.1) is 13.2 Å². The van der Waals surface area contributed by atoms with Gasteiger partial charge in [0.1, 0.15) is 0 Å². The van der Waals surface area contributed by atoms with E-state index in [1.165, 1.54) is 12.2 Å². The van der Waals surface area contributed by atoms with E-state index in [0.29, 0.717) is 6.61 Å². The van der Waals surface area contributed by atoms with Crippen LogP contribution in [-0.2, 0) is 4.74 Å². The smallest absolute Gasteiger partial charge is 0.0859 e. The summed E-state index contributed by atoms with van der Waals surface area (Å²) in [5.41, 5.74) is 2.38. The molecule has 0 aromatic carbocycles. The molecule has 0 saturated carbocycles. The van der Waals surface area contributed by atoms with Crippen LogP contribution >= 0.6 is 0 Å². The fraction of sp³-hybridized carbons (Fsp3) is 0.826. The number of piperazine rings is 1. The van der Waals surface area contributed by atoms with E-state index in [1.54, 1.807) is 0 Å². The summed E-state index contributed by atoms with van der Waals surface area (Å²) in [6.07, 6.45) is 0. The normalized spacial score (nSPS) is 15.8. The van der Waals surface area contributed by atoms with Crippen molar-refractivity contribution >= 4 is 0 Å². The minimum absolute atomic E-state index is 0.716. The number of morpholine rings is 1. The maximum Gasteiger partial charge on any atom is 0.0859 e. The maximum atomic E-state index is 5.17. The molecule has 0 bridgehead atoms. The molecule has 0 unspecified atom stereocenters. The lowest BCUT2D eigenvalue weighted by Gasteiger charge is -2.35. The van der Waals surface area contributed by atoms with Crippen LogP contribution < -0.4 is 0 Å². The Bertz CT molecular complexity index is 306. The average Bonchev–Trinajstić information content (AvgIpc) is 2.75. The lowest BCUT2D eigenvalue weighted by Crippen LogP contribution is -2.42. The molecule has 2 aliphatic rings. The molecular weight excluding hydrogens is 334 g/mol. The van der Waals surface area contributed by atoms with Crippen molar-refractivity contribution in [2.45, 2.75) is 69.2 Å². The van der Waals surface area contributed by atoms with E-state index in [1.807, 2.05) is 55.4 Å². The highest BCUT2D eigenvalue weighted by molar-refractivity contribution is 4.99. The molecule has 4 heteroatoms. The lowest BCUT2D eigenvalue weighted by atomic mass is 10.3. The Hall–Kier alpha value is -1.00. The zero-order valence-corrected chi connectivity index (χ0v) is 20.8. The van der Waals surface area contributed by atoms with Crippen LogP contribution in [-0.4, -0.2) is 74.2 Å². The van der Waals surface area contributed by atoms with Crippen LogP contribution in [0.15, 0.2) is 24.6 Å². The number of hydrogen-bond donors (Lipinski definition) is 0. The van der Waals surface area contributed by atoms with Gasteiger partial charge in [0, 0.05) is 50.7 Å². The fourth-order valence-corrected chi connectivity index (χ4v) is 2.32. The molecule has 4 nitrogen and oxygen atoms in total. The van der Waals surface area contributed by atoms with Crippen LogP contribution in [0.25, 0.3) is 0 Å². The number of likely N-dealkylation sites (N-methyl/N-ethyl adjacent to an activating group) is 3. The van der Waals surface area contributed by atoms with Gasteiger partial charge in [-0.3, -0.25) is 4.90 Å². The van der Waals surface area contributed by atoms with Crippen LogP contribution in [0.5, 0.6) is 0 Å². The van der Waals surface area contributed by atoms with E-state index >= 15 is 0 Å². The summed E-state index contributed by atoms with van der Waals surface area (Å²) in [5.74, 6) is 0. The summed E-state index contributed by atoms with van der Waals surface area (Å²) in [6.45, 7) is 36.3. The number of ether oxygens (including phenoxy) is 1. The molecule has 0 spiro atoms. The third-order valence-electron chi connectivity index (χ3n) is 3.64. The molecule has 0 aromatic heterocycles. The second-order valence-electron chi connectivity index (χ2n) is 5.08. The zero-order chi connectivity index (χ0) is 22.3. The van der Waals surface area contributed by atoms with Crippen LogP contribution in [0.1, 0.15) is 69.2 Å². The highest BCUT2D eigenvalue weighted by Gasteiger charge is 2.13. The van der Waals surface area contributed by atoms with Gasteiger partial charge in [-0.15, -0.1) is 0 Å². The topological polar surface area (TPSA) is 19.0 Å². The van der Waals surface area contributed by atoms with Crippen molar-refractivity contribution < 1.29 is 4.74 Å². The summed E-state index contributed by atoms with van der Waals surface area (Å²) < 4.78 is 5.17. The van der Waals surface area contributed by atoms with Crippen LogP contribution in [0.2, 0.25) is 0 Å². The summed E-state index contributed by atoms with van der Waals surface area (Å²) in [7, 11) is 2.14. The SMILES string of the molecule is C=C1CN(C)CCN1CC.C=C1COCCN1CC.CC.CC.CC.CC. The highest BCUT2D eigenvalue weighted by Crippen LogP contribution is 2.08. The number of nitrogens with zero attached hydrogens (tertiary/aromatic N) is 3. The van der Waals surface area contributed by atoms with Gasteiger partial charge in [-0.1, -0.05) is 68.5 Å². The van der Waals surface area contributed by atoms with E-state index in [-0.39, 0.29) is 0 Å². The predicted molar refractivity (Wildman–Crippen MR) is 126 cm³/mol.